The maximum Gasteiger partial charge on any atom is 0.0820 e. The van der Waals surface area contributed by atoms with Crippen molar-refractivity contribution in [2.75, 3.05) is 0 Å². The Balaban J connectivity index is 2.92. The molecule has 2 aliphatic rings. The lowest BCUT2D eigenvalue weighted by Crippen LogP contribution is -2.52. The SMILES string of the molecule is CCC(C)[Si](C(C)CC)(C1C=C([Si](C)(C)C)C=C1C(C)C)C1C=C([Si](C)(C)C)C=C1C(C)C. The zero-order valence-corrected chi connectivity index (χ0v) is 27.7. The normalized spacial score (nSPS) is 25.6. The summed E-state index contributed by atoms with van der Waals surface area (Å²) in [6, 6.07) is 0. The molecule has 0 aliphatic heterocycles. The highest BCUT2D eigenvalue weighted by atomic mass is 28.3. The summed E-state index contributed by atoms with van der Waals surface area (Å²) in [4.78, 5) is 0. The Hall–Kier alpha value is -0.389. The van der Waals surface area contributed by atoms with Gasteiger partial charge in [-0.3, -0.25) is 0 Å². The number of rotatable bonds is 10. The second kappa shape index (κ2) is 10.3. The van der Waals surface area contributed by atoms with Gasteiger partial charge in [-0.1, -0.05) is 153 Å². The fourth-order valence-corrected chi connectivity index (χ4v) is 17.7. The van der Waals surface area contributed by atoms with Crippen molar-refractivity contribution >= 4 is 24.2 Å². The molecule has 0 bridgehead atoms. The third kappa shape index (κ3) is 5.40. The average molecular weight is 501 g/mol. The first-order valence-electron chi connectivity index (χ1n) is 13.9. The van der Waals surface area contributed by atoms with Gasteiger partial charge in [-0.2, -0.15) is 0 Å². The van der Waals surface area contributed by atoms with Crippen LogP contribution in [0, 0.1) is 11.8 Å². The van der Waals surface area contributed by atoms with Gasteiger partial charge in [0.15, 0.2) is 0 Å². The van der Waals surface area contributed by atoms with Gasteiger partial charge >= 0.3 is 0 Å². The molecule has 33 heavy (non-hydrogen) atoms. The second-order valence-electron chi connectivity index (χ2n) is 13.9. The summed E-state index contributed by atoms with van der Waals surface area (Å²) in [5, 5.41) is 3.45. The summed E-state index contributed by atoms with van der Waals surface area (Å²) in [7, 11) is -4.59. The van der Waals surface area contributed by atoms with Crippen molar-refractivity contribution < 1.29 is 0 Å². The van der Waals surface area contributed by atoms with Gasteiger partial charge in [0.05, 0.1) is 24.2 Å². The summed E-state index contributed by atoms with van der Waals surface area (Å²) in [6.45, 7) is 35.4. The molecule has 188 valence electrons. The lowest BCUT2D eigenvalue weighted by molar-refractivity contribution is 0.662. The van der Waals surface area contributed by atoms with Crippen molar-refractivity contribution in [1.82, 2.24) is 0 Å². The molecule has 0 saturated carbocycles. The summed E-state index contributed by atoms with van der Waals surface area (Å²) in [6.07, 6.45) is 13.7. The predicted octanol–water partition coefficient (Wildman–Crippen LogP) is 10.6. The van der Waals surface area contributed by atoms with Crippen LogP contribution in [0.5, 0.6) is 0 Å². The van der Waals surface area contributed by atoms with E-state index >= 15 is 0 Å². The molecule has 0 radical (unpaired) electrons. The Labute approximate surface area is 211 Å². The molecule has 4 atom stereocenters. The molecule has 0 N–H and O–H groups in total. The van der Waals surface area contributed by atoms with Crippen molar-refractivity contribution in [3.8, 4) is 0 Å². The maximum absolute atomic E-state index is 2.85. The minimum atomic E-state index is -1.87. The molecule has 0 heterocycles. The summed E-state index contributed by atoms with van der Waals surface area (Å²) < 4.78 is 0. The van der Waals surface area contributed by atoms with Crippen molar-refractivity contribution in [3.05, 3.63) is 45.8 Å². The smallest absolute Gasteiger partial charge is 0.0807 e. The number of allylic oxidation sites excluding steroid dienone is 8. The molecule has 2 rings (SSSR count). The van der Waals surface area contributed by atoms with E-state index in [1.54, 1.807) is 21.5 Å². The fraction of sp³-hybridized carbons (Fsp3) is 0.733. The summed E-state index contributed by atoms with van der Waals surface area (Å²) in [5.41, 5.74) is 6.54. The standard InChI is InChI=1S/C30H56Si3/c1-15-23(7)33(24(8)16-2,29-19-25(31(9,10)11)17-27(29)21(3)4)30-20-26(32(12,13)14)18-28(30)22(5)6/h17-24,29-30H,15-16H2,1-14H3. The van der Waals surface area contributed by atoms with Crippen LogP contribution in [0.1, 0.15) is 68.2 Å². The van der Waals surface area contributed by atoms with Crippen LogP contribution in [-0.4, -0.2) is 24.2 Å². The van der Waals surface area contributed by atoms with E-state index in [1.807, 2.05) is 0 Å². The van der Waals surface area contributed by atoms with Crippen molar-refractivity contribution in [3.63, 3.8) is 0 Å². The van der Waals surface area contributed by atoms with E-state index in [0.29, 0.717) is 22.9 Å². The molecular weight excluding hydrogens is 445 g/mol. The highest BCUT2D eigenvalue weighted by molar-refractivity contribution is 6.89. The molecule has 0 fully saturated rings. The molecule has 0 aromatic heterocycles. The minimum Gasteiger partial charge on any atom is -0.0807 e. The highest BCUT2D eigenvalue weighted by Crippen LogP contribution is 2.62. The van der Waals surface area contributed by atoms with Crippen LogP contribution in [0.2, 0.25) is 61.4 Å². The molecular formula is C30H56Si3. The van der Waals surface area contributed by atoms with Gasteiger partial charge in [0.1, 0.15) is 0 Å². The predicted molar refractivity (Wildman–Crippen MR) is 161 cm³/mol. The molecule has 0 saturated heterocycles. The Morgan fingerprint density at radius 3 is 1.12 bits per heavy atom. The zero-order chi connectivity index (χ0) is 25.5. The lowest BCUT2D eigenvalue weighted by Gasteiger charge is -2.52. The highest BCUT2D eigenvalue weighted by Gasteiger charge is 2.56. The summed E-state index contributed by atoms with van der Waals surface area (Å²) in [5.74, 6) is 1.27. The Bertz CT molecular complexity index is 754. The first-order chi connectivity index (χ1) is 15.0. The first kappa shape index (κ1) is 28.8. The van der Waals surface area contributed by atoms with E-state index in [2.05, 4.69) is 119 Å². The van der Waals surface area contributed by atoms with Crippen LogP contribution in [0.4, 0.5) is 0 Å². The summed E-state index contributed by atoms with van der Waals surface area (Å²) >= 11 is 0. The fourth-order valence-electron chi connectivity index (χ4n) is 6.65. The number of hydrogen-bond donors (Lipinski definition) is 0. The number of hydrogen-bond acceptors (Lipinski definition) is 0. The Morgan fingerprint density at radius 2 is 0.909 bits per heavy atom. The quantitative estimate of drug-likeness (QED) is 0.262. The maximum atomic E-state index is 2.85. The van der Waals surface area contributed by atoms with E-state index in [0.717, 1.165) is 11.1 Å². The Kier molecular flexibility index (Phi) is 9.01. The van der Waals surface area contributed by atoms with Gasteiger partial charge in [-0.15, -0.1) is 0 Å². The van der Waals surface area contributed by atoms with Crippen molar-refractivity contribution in [1.29, 1.82) is 0 Å². The van der Waals surface area contributed by atoms with Gasteiger partial charge in [-0.05, 0) is 34.0 Å². The van der Waals surface area contributed by atoms with Gasteiger partial charge in [-0.25, -0.2) is 0 Å². The van der Waals surface area contributed by atoms with Crippen molar-refractivity contribution in [2.45, 2.75) is 130 Å². The molecule has 0 aromatic carbocycles. The molecule has 2 aliphatic carbocycles. The van der Waals surface area contributed by atoms with Crippen LogP contribution in [0.3, 0.4) is 0 Å². The molecule has 3 heteroatoms. The van der Waals surface area contributed by atoms with Gasteiger partial charge in [0.2, 0.25) is 0 Å². The molecule has 0 aromatic rings. The van der Waals surface area contributed by atoms with Crippen LogP contribution in [0.15, 0.2) is 45.8 Å². The Morgan fingerprint density at radius 1 is 0.606 bits per heavy atom. The average Bonchev–Trinajstić information content (AvgIpc) is 3.33. The van der Waals surface area contributed by atoms with Gasteiger partial charge in [0.25, 0.3) is 0 Å². The van der Waals surface area contributed by atoms with E-state index in [1.165, 1.54) is 12.8 Å². The monoisotopic (exact) mass is 500 g/mol. The van der Waals surface area contributed by atoms with E-state index < -0.39 is 24.2 Å². The van der Waals surface area contributed by atoms with Crippen molar-refractivity contribution in [2.24, 2.45) is 11.8 Å². The van der Waals surface area contributed by atoms with Gasteiger partial charge < -0.3 is 0 Å². The van der Waals surface area contributed by atoms with Crippen LogP contribution in [0.25, 0.3) is 0 Å². The molecule has 4 unspecified atom stereocenters. The first-order valence-corrected chi connectivity index (χ1v) is 23.2. The van der Waals surface area contributed by atoms with Gasteiger partial charge in [0, 0.05) is 0 Å². The van der Waals surface area contributed by atoms with Crippen LogP contribution >= 0.6 is 0 Å². The van der Waals surface area contributed by atoms with Crippen LogP contribution < -0.4 is 0 Å². The molecule has 0 spiro atoms. The third-order valence-corrected chi connectivity index (χ3v) is 20.6. The van der Waals surface area contributed by atoms with E-state index in [-0.39, 0.29) is 0 Å². The van der Waals surface area contributed by atoms with E-state index in [4.69, 9.17) is 0 Å². The third-order valence-electron chi connectivity index (χ3n) is 9.13. The zero-order valence-electron chi connectivity index (χ0n) is 24.7. The minimum absolute atomic E-state index is 0.633. The topological polar surface area (TPSA) is 0 Å². The van der Waals surface area contributed by atoms with Crippen LogP contribution in [-0.2, 0) is 0 Å². The lowest BCUT2D eigenvalue weighted by atomic mass is 10.0. The second-order valence-corrected chi connectivity index (χ2v) is 29.3. The van der Waals surface area contributed by atoms with E-state index in [9.17, 15) is 0 Å². The molecule has 0 amide bonds. The largest absolute Gasteiger partial charge is 0.0820 e. The molecule has 0 nitrogen and oxygen atoms in total.